The third-order valence-corrected chi connectivity index (χ3v) is 3.78. The molecule has 0 radical (unpaired) electrons. The molecule has 0 saturated carbocycles. The fraction of sp³-hybridized carbons (Fsp3) is 0.533. The molecule has 0 aromatic heterocycles. The number of anilines is 1. The number of rotatable bonds is 5. The maximum atomic E-state index is 12.2. The van der Waals surface area contributed by atoms with Crippen molar-refractivity contribution in [3.63, 3.8) is 0 Å². The molecule has 0 spiro atoms. The molecule has 2 rings (SSSR count). The van der Waals surface area contributed by atoms with Gasteiger partial charge in [-0.05, 0) is 24.1 Å². The maximum Gasteiger partial charge on any atom is 0.223 e. The normalized spacial score (nSPS) is 22.2. The highest BCUT2D eigenvalue weighted by Gasteiger charge is 2.35. The van der Waals surface area contributed by atoms with Gasteiger partial charge in [0.05, 0.1) is 0 Å². The number of carbonyl (C=O) groups is 1. The molecular formula is C15H22N2O3. The van der Waals surface area contributed by atoms with Gasteiger partial charge in [-0.15, -0.1) is 0 Å². The molecular weight excluding hydrogens is 256 g/mol. The summed E-state index contributed by atoms with van der Waals surface area (Å²) in [6.07, 6.45) is 1.17. The van der Waals surface area contributed by atoms with Gasteiger partial charge in [-0.3, -0.25) is 4.79 Å². The Bertz CT molecular complexity index is 435. The van der Waals surface area contributed by atoms with Crippen LogP contribution in [0.2, 0.25) is 0 Å². The molecule has 1 aromatic rings. The fourth-order valence-corrected chi connectivity index (χ4v) is 2.49. The first-order valence-electron chi connectivity index (χ1n) is 6.82. The number of aryl methyl sites for hydroxylation is 1. The minimum absolute atomic E-state index is 0.0273. The molecule has 2 N–H and O–H groups in total. The van der Waals surface area contributed by atoms with E-state index < -0.39 is 0 Å². The van der Waals surface area contributed by atoms with Crippen molar-refractivity contribution in [2.45, 2.75) is 25.0 Å². The minimum Gasteiger partial charge on any atom is -0.399 e. The summed E-state index contributed by atoms with van der Waals surface area (Å²) in [6.45, 7) is 1.21. The zero-order valence-corrected chi connectivity index (χ0v) is 12.0. The van der Waals surface area contributed by atoms with Gasteiger partial charge in [0.15, 0.2) is 0 Å². The van der Waals surface area contributed by atoms with Crippen LogP contribution in [-0.4, -0.2) is 50.3 Å². The zero-order valence-electron chi connectivity index (χ0n) is 12.0. The molecule has 1 saturated heterocycles. The van der Waals surface area contributed by atoms with Crippen molar-refractivity contribution in [3.05, 3.63) is 29.8 Å². The summed E-state index contributed by atoms with van der Waals surface area (Å²) in [7, 11) is 3.30. The van der Waals surface area contributed by atoms with Crippen molar-refractivity contribution in [2.24, 2.45) is 0 Å². The van der Waals surface area contributed by atoms with Crippen molar-refractivity contribution in [1.29, 1.82) is 0 Å². The quantitative estimate of drug-likeness (QED) is 0.818. The van der Waals surface area contributed by atoms with E-state index in [9.17, 15) is 4.79 Å². The number of hydrogen-bond acceptors (Lipinski definition) is 4. The first-order chi connectivity index (χ1) is 9.63. The summed E-state index contributed by atoms with van der Waals surface area (Å²) in [5, 5.41) is 0. The van der Waals surface area contributed by atoms with Crippen LogP contribution in [0.5, 0.6) is 0 Å². The number of methoxy groups -OCH3 is 2. The molecule has 5 nitrogen and oxygen atoms in total. The van der Waals surface area contributed by atoms with E-state index in [1.54, 1.807) is 14.2 Å². The number of carbonyl (C=O) groups excluding carboxylic acids is 1. The second kappa shape index (κ2) is 6.72. The predicted molar refractivity (Wildman–Crippen MR) is 77.3 cm³/mol. The minimum atomic E-state index is -0.0273. The Balaban J connectivity index is 1.85. The molecule has 5 heteroatoms. The van der Waals surface area contributed by atoms with Crippen LogP contribution in [0.1, 0.15) is 12.0 Å². The van der Waals surface area contributed by atoms with Crippen LogP contribution >= 0.6 is 0 Å². The fourth-order valence-electron chi connectivity index (χ4n) is 2.49. The Kier molecular flexibility index (Phi) is 4.98. The largest absolute Gasteiger partial charge is 0.399 e. The molecule has 1 aromatic carbocycles. The summed E-state index contributed by atoms with van der Waals surface area (Å²) in [5.41, 5.74) is 7.51. The van der Waals surface area contributed by atoms with Gasteiger partial charge in [-0.2, -0.15) is 0 Å². The average molecular weight is 278 g/mol. The van der Waals surface area contributed by atoms with Crippen LogP contribution in [-0.2, 0) is 20.7 Å². The lowest BCUT2D eigenvalue weighted by molar-refractivity contribution is -0.130. The Morgan fingerprint density at radius 3 is 2.25 bits per heavy atom. The molecule has 1 aliphatic heterocycles. The number of likely N-dealkylation sites (tertiary alicyclic amines) is 1. The molecule has 1 heterocycles. The van der Waals surface area contributed by atoms with Crippen molar-refractivity contribution in [1.82, 2.24) is 4.90 Å². The van der Waals surface area contributed by atoms with E-state index in [1.165, 1.54) is 0 Å². The van der Waals surface area contributed by atoms with Gasteiger partial charge in [0.2, 0.25) is 5.91 Å². The van der Waals surface area contributed by atoms with Crippen LogP contribution in [0.3, 0.4) is 0 Å². The zero-order chi connectivity index (χ0) is 14.5. The van der Waals surface area contributed by atoms with E-state index >= 15 is 0 Å². The SMILES string of the molecule is COC1CN(C(=O)CCc2ccc(N)cc2)CC1OC. The second-order valence-electron chi connectivity index (χ2n) is 5.09. The summed E-state index contributed by atoms with van der Waals surface area (Å²) in [6, 6.07) is 7.64. The Labute approximate surface area is 119 Å². The third kappa shape index (κ3) is 3.49. The topological polar surface area (TPSA) is 64.8 Å². The summed E-state index contributed by atoms with van der Waals surface area (Å²) < 4.78 is 10.7. The first kappa shape index (κ1) is 14.8. The molecule has 110 valence electrons. The monoisotopic (exact) mass is 278 g/mol. The lowest BCUT2D eigenvalue weighted by atomic mass is 10.1. The molecule has 2 atom stereocenters. The number of ether oxygens (including phenoxy) is 2. The number of amides is 1. The van der Waals surface area contributed by atoms with E-state index in [1.807, 2.05) is 29.2 Å². The van der Waals surface area contributed by atoms with Crippen molar-refractivity contribution < 1.29 is 14.3 Å². The van der Waals surface area contributed by atoms with Crippen molar-refractivity contribution in [3.8, 4) is 0 Å². The van der Waals surface area contributed by atoms with E-state index in [2.05, 4.69) is 0 Å². The van der Waals surface area contributed by atoms with Gasteiger partial charge >= 0.3 is 0 Å². The lowest BCUT2D eigenvalue weighted by Gasteiger charge is -2.15. The molecule has 1 fully saturated rings. The highest BCUT2D eigenvalue weighted by Crippen LogP contribution is 2.17. The van der Waals surface area contributed by atoms with Gasteiger partial charge in [0.25, 0.3) is 0 Å². The molecule has 20 heavy (non-hydrogen) atoms. The van der Waals surface area contributed by atoms with Crippen LogP contribution < -0.4 is 5.73 Å². The van der Waals surface area contributed by atoms with E-state index in [0.29, 0.717) is 19.5 Å². The van der Waals surface area contributed by atoms with E-state index in [0.717, 1.165) is 17.7 Å². The van der Waals surface area contributed by atoms with E-state index in [4.69, 9.17) is 15.2 Å². The van der Waals surface area contributed by atoms with Gasteiger partial charge < -0.3 is 20.1 Å². The van der Waals surface area contributed by atoms with Crippen molar-refractivity contribution in [2.75, 3.05) is 33.0 Å². The van der Waals surface area contributed by atoms with Gasteiger partial charge in [-0.1, -0.05) is 12.1 Å². The summed E-state index contributed by atoms with van der Waals surface area (Å²) in [5.74, 6) is 0.142. The highest BCUT2D eigenvalue weighted by molar-refractivity contribution is 5.77. The lowest BCUT2D eigenvalue weighted by Crippen LogP contribution is -2.30. The van der Waals surface area contributed by atoms with Gasteiger partial charge in [0, 0.05) is 39.4 Å². The van der Waals surface area contributed by atoms with Crippen LogP contribution in [0, 0.1) is 0 Å². The smallest absolute Gasteiger partial charge is 0.223 e. The average Bonchev–Trinajstić information content (AvgIpc) is 2.89. The number of nitrogens with two attached hydrogens (primary N) is 1. The Morgan fingerprint density at radius 1 is 1.20 bits per heavy atom. The number of nitrogen functional groups attached to an aromatic ring is 1. The van der Waals surface area contributed by atoms with Crippen molar-refractivity contribution >= 4 is 11.6 Å². The Hall–Kier alpha value is -1.59. The number of hydrogen-bond donors (Lipinski definition) is 1. The first-order valence-corrected chi connectivity index (χ1v) is 6.82. The maximum absolute atomic E-state index is 12.2. The van der Waals surface area contributed by atoms with Crippen LogP contribution in [0.15, 0.2) is 24.3 Å². The molecule has 1 aliphatic rings. The molecule has 0 bridgehead atoms. The van der Waals surface area contributed by atoms with Gasteiger partial charge in [0.1, 0.15) is 12.2 Å². The summed E-state index contributed by atoms with van der Waals surface area (Å²) >= 11 is 0. The molecule has 0 aliphatic carbocycles. The van der Waals surface area contributed by atoms with E-state index in [-0.39, 0.29) is 18.1 Å². The molecule has 1 amide bonds. The van der Waals surface area contributed by atoms with Crippen LogP contribution in [0.25, 0.3) is 0 Å². The predicted octanol–water partition coefficient (Wildman–Crippen LogP) is 1.07. The standard InChI is InChI=1S/C15H22N2O3/c1-19-13-9-17(10-14(13)20-2)15(18)8-5-11-3-6-12(16)7-4-11/h3-4,6-7,13-14H,5,8-10,16H2,1-2H3. The summed E-state index contributed by atoms with van der Waals surface area (Å²) in [4.78, 5) is 14.0. The number of nitrogens with zero attached hydrogens (tertiary/aromatic N) is 1. The van der Waals surface area contributed by atoms with Gasteiger partial charge in [-0.25, -0.2) is 0 Å². The molecule has 2 unspecified atom stereocenters. The second-order valence-corrected chi connectivity index (χ2v) is 5.09. The van der Waals surface area contributed by atoms with Crippen LogP contribution in [0.4, 0.5) is 5.69 Å². The number of benzene rings is 1. The Morgan fingerprint density at radius 2 is 1.75 bits per heavy atom. The highest BCUT2D eigenvalue weighted by atomic mass is 16.5. The third-order valence-electron chi connectivity index (χ3n) is 3.78.